The highest BCUT2D eigenvalue weighted by atomic mass is 31.2. The van der Waals surface area contributed by atoms with Gasteiger partial charge >= 0.3 is 7.60 Å². The van der Waals surface area contributed by atoms with E-state index in [9.17, 15) is 4.57 Å². The van der Waals surface area contributed by atoms with Gasteiger partial charge in [-0.25, -0.2) is 0 Å². The van der Waals surface area contributed by atoms with Crippen LogP contribution in [0.15, 0.2) is 12.3 Å². The number of rotatable bonds is 5. The summed E-state index contributed by atoms with van der Waals surface area (Å²) in [5.41, 5.74) is -0.109. The third-order valence-corrected chi connectivity index (χ3v) is 5.39. The lowest BCUT2D eigenvalue weighted by molar-refractivity contribution is 0.136. The minimum absolute atomic E-state index is 0.00309. The Bertz CT molecular complexity index is 323. The molecular formula is C11H19O4P. The van der Waals surface area contributed by atoms with Crippen LogP contribution < -0.4 is 0 Å². The minimum atomic E-state index is -3.05. The molecule has 92 valence electrons. The molecule has 16 heavy (non-hydrogen) atoms. The summed E-state index contributed by atoms with van der Waals surface area (Å²) < 4.78 is 29.0. The Balaban J connectivity index is 2.09. The fraction of sp³-hybridized carbons (Fsp3) is 0.818. The standard InChI is InChI=1S/C11H19O4P/c1-7(2)14-16(12,15-8(3)4)11-9-5-6-13-10(9)11/h5-11H,1-4H3/t9-,10+,11+/m1/s1. The molecule has 0 radical (unpaired) electrons. The van der Waals surface area contributed by atoms with Crippen molar-refractivity contribution in [3.63, 3.8) is 0 Å². The van der Waals surface area contributed by atoms with Gasteiger partial charge < -0.3 is 13.8 Å². The summed E-state index contributed by atoms with van der Waals surface area (Å²) in [6.07, 6.45) is 3.41. The summed E-state index contributed by atoms with van der Waals surface area (Å²) >= 11 is 0. The molecule has 5 heteroatoms. The second-order valence-corrected chi connectivity index (χ2v) is 6.94. The summed E-state index contributed by atoms with van der Waals surface area (Å²) in [6.45, 7) is 7.47. The monoisotopic (exact) mass is 246 g/mol. The number of fused-ring (bicyclic) bond motifs is 1. The topological polar surface area (TPSA) is 44.8 Å². The van der Waals surface area contributed by atoms with Crippen LogP contribution in [0.25, 0.3) is 0 Å². The van der Waals surface area contributed by atoms with Crippen LogP contribution in [0.3, 0.4) is 0 Å². The normalized spacial score (nSPS) is 32.0. The van der Waals surface area contributed by atoms with Gasteiger partial charge in [-0.15, -0.1) is 0 Å². The zero-order valence-corrected chi connectivity index (χ0v) is 11.0. The lowest BCUT2D eigenvalue weighted by Gasteiger charge is -2.23. The Labute approximate surface area is 96.5 Å². The molecule has 4 nitrogen and oxygen atoms in total. The van der Waals surface area contributed by atoms with Gasteiger partial charge in [0, 0.05) is 5.92 Å². The van der Waals surface area contributed by atoms with Crippen molar-refractivity contribution in [3.8, 4) is 0 Å². The van der Waals surface area contributed by atoms with Gasteiger partial charge in [0.05, 0.1) is 18.5 Å². The highest BCUT2D eigenvalue weighted by Gasteiger charge is 2.65. The van der Waals surface area contributed by atoms with E-state index in [2.05, 4.69) is 0 Å². The molecule has 1 fully saturated rings. The molecule has 0 aromatic rings. The third-order valence-electron chi connectivity index (χ3n) is 2.59. The van der Waals surface area contributed by atoms with E-state index in [1.807, 2.05) is 33.8 Å². The first-order valence-electron chi connectivity index (χ1n) is 5.72. The van der Waals surface area contributed by atoms with Crippen molar-refractivity contribution in [1.82, 2.24) is 0 Å². The van der Waals surface area contributed by atoms with Crippen LogP contribution in [-0.2, 0) is 18.3 Å². The van der Waals surface area contributed by atoms with Crippen molar-refractivity contribution in [2.24, 2.45) is 5.92 Å². The number of ether oxygens (including phenoxy) is 1. The molecule has 0 amide bonds. The number of hydrogen-bond acceptors (Lipinski definition) is 4. The zero-order valence-electron chi connectivity index (χ0n) is 10.1. The maximum Gasteiger partial charge on any atom is 0.338 e. The van der Waals surface area contributed by atoms with Crippen molar-refractivity contribution in [2.75, 3.05) is 0 Å². The Hall–Kier alpha value is -0.310. The molecule has 0 aromatic heterocycles. The van der Waals surface area contributed by atoms with Crippen LogP contribution in [-0.4, -0.2) is 24.0 Å². The van der Waals surface area contributed by atoms with E-state index in [0.717, 1.165) is 0 Å². The Morgan fingerprint density at radius 2 is 1.75 bits per heavy atom. The van der Waals surface area contributed by atoms with Crippen molar-refractivity contribution < 1.29 is 18.3 Å². The van der Waals surface area contributed by atoms with E-state index < -0.39 is 7.60 Å². The van der Waals surface area contributed by atoms with Crippen LogP contribution in [0.1, 0.15) is 27.7 Å². The molecular weight excluding hydrogens is 227 g/mol. The molecule has 0 spiro atoms. The molecule has 0 unspecified atom stereocenters. The van der Waals surface area contributed by atoms with Crippen molar-refractivity contribution in [2.45, 2.75) is 51.7 Å². The molecule has 1 aliphatic carbocycles. The smallest absolute Gasteiger partial charge is 0.338 e. The Morgan fingerprint density at radius 3 is 2.12 bits per heavy atom. The largest absolute Gasteiger partial charge is 0.497 e. The predicted octanol–water partition coefficient (Wildman–Crippen LogP) is 2.94. The lowest BCUT2D eigenvalue weighted by atomic mass is 10.4. The first-order chi connectivity index (χ1) is 7.44. The van der Waals surface area contributed by atoms with Gasteiger partial charge in [0.2, 0.25) is 0 Å². The van der Waals surface area contributed by atoms with Gasteiger partial charge in [0.25, 0.3) is 0 Å². The van der Waals surface area contributed by atoms with Crippen LogP contribution in [0, 0.1) is 5.92 Å². The zero-order chi connectivity index (χ0) is 11.9. The van der Waals surface area contributed by atoms with Gasteiger partial charge in [-0.1, -0.05) is 0 Å². The highest BCUT2D eigenvalue weighted by molar-refractivity contribution is 7.55. The summed E-state index contributed by atoms with van der Waals surface area (Å²) in [4.78, 5) is 0. The second kappa shape index (κ2) is 4.17. The van der Waals surface area contributed by atoms with Crippen LogP contribution in [0.5, 0.6) is 0 Å². The quantitative estimate of drug-likeness (QED) is 0.699. The third kappa shape index (κ3) is 2.20. The molecule has 0 saturated heterocycles. The van der Waals surface area contributed by atoms with E-state index in [-0.39, 0.29) is 29.9 Å². The second-order valence-electron chi connectivity index (χ2n) is 4.85. The molecule has 2 rings (SSSR count). The maximum absolute atomic E-state index is 12.7. The molecule has 0 bridgehead atoms. The van der Waals surface area contributed by atoms with E-state index in [1.165, 1.54) is 0 Å². The fourth-order valence-corrected chi connectivity index (χ4v) is 4.78. The molecule has 3 atom stereocenters. The molecule has 0 aromatic carbocycles. The van der Waals surface area contributed by atoms with Gasteiger partial charge in [-0.2, -0.15) is 0 Å². The average molecular weight is 246 g/mol. The first-order valence-corrected chi connectivity index (χ1v) is 7.34. The summed E-state index contributed by atoms with van der Waals surface area (Å²) in [6, 6.07) is 0. The minimum Gasteiger partial charge on any atom is -0.497 e. The molecule has 1 saturated carbocycles. The molecule has 1 aliphatic heterocycles. The lowest BCUT2D eigenvalue weighted by Crippen LogP contribution is -2.13. The van der Waals surface area contributed by atoms with E-state index in [1.54, 1.807) is 6.26 Å². The number of hydrogen-bond donors (Lipinski definition) is 0. The van der Waals surface area contributed by atoms with Crippen LogP contribution >= 0.6 is 7.60 Å². The van der Waals surface area contributed by atoms with Crippen molar-refractivity contribution in [3.05, 3.63) is 12.3 Å². The van der Waals surface area contributed by atoms with Gasteiger partial charge in [0.1, 0.15) is 11.8 Å². The van der Waals surface area contributed by atoms with E-state index in [0.29, 0.717) is 0 Å². The van der Waals surface area contributed by atoms with Crippen LogP contribution in [0.4, 0.5) is 0 Å². The molecule has 1 heterocycles. The Kier molecular flexibility index (Phi) is 3.17. The Morgan fingerprint density at radius 1 is 1.19 bits per heavy atom. The van der Waals surface area contributed by atoms with Crippen molar-refractivity contribution in [1.29, 1.82) is 0 Å². The molecule has 0 N–H and O–H groups in total. The van der Waals surface area contributed by atoms with Gasteiger partial charge in [-0.05, 0) is 33.8 Å². The predicted molar refractivity (Wildman–Crippen MR) is 61.3 cm³/mol. The van der Waals surface area contributed by atoms with E-state index >= 15 is 0 Å². The highest BCUT2D eigenvalue weighted by Crippen LogP contribution is 2.68. The first kappa shape index (κ1) is 12.2. The van der Waals surface area contributed by atoms with E-state index in [4.69, 9.17) is 13.8 Å². The van der Waals surface area contributed by atoms with Crippen molar-refractivity contribution >= 4 is 7.60 Å². The van der Waals surface area contributed by atoms with Crippen LogP contribution in [0.2, 0.25) is 0 Å². The summed E-state index contributed by atoms with van der Waals surface area (Å²) in [5.74, 6) is 0.211. The van der Waals surface area contributed by atoms with Gasteiger partial charge in [0.15, 0.2) is 0 Å². The SMILES string of the molecule is CC(C)OP(=O)(OC(C)C)[C@H]1[C@@H]2C=CO[C@@H]21. The average Bonchev–Trinajstić information content (AvgIpc) is 2.61. The molecule has 2 aliphatic rings. The summed E-state index contributed by atoms with van der Waals surface area (Å²) in [7, 11) is -3.05. The summed E-state index contributed by atoms with van der Waals surface area (Å²) in [5, 5.41) is 0. The maximum atomic E-state index is 12.7. The van der Waals surface area contributed by atoms with Gasteiger partial charge in [-0.3, -0.25) is 4.57 Å². The fourth-order valence-electron chi connectivity index (χ4n) is 2.05.